The first kappa shape index (κ1) is 12.3. The van der Waals surface area contributed by atoms with E-state index in [1.54, 1.807) is 6.20 Å². The second-order valence-electron chi connectivity index (χ2n) is 4.51. The molecule has 0 aliphatic carbocycles. The van der Waals surface area contributed by atoms with E-state index in [1.165, 1.54) is 5.56 Å². The molecule has 2 unspecified atom stereocenters. The summed E-state index contributed by atoms with van der Waals surface area (Å²) in [5.74, 6) is 0.617. The first-order valence-corrected chi connectivity index (χ1v) is 6.30. The summed E-state index contributed by atoms with van der Waals surface area (Å²) in [7, 11) is 0. The smallest absolute Gasteiger partial charge is 0.128 e. The molecular weight excluding hydrogens is 214 g/mol. The Morgan fingerprint density at radius 3 is 3.06 bits per heavy atom. The number of aryl methyl sites for hydroxylation is 1. The lowest BCUT2D eigenvalue weighted by Gasteiger charge is -2.26. The summed E-state index contributed by atoms with van der Waals surface area (Å²) < 4.78 is 5.79. The molecule has 0 bridgehead atoms. The number of nitrogen functional groups attached to an aromatic ring is 1. The maximum absolute atomic E-state index is 6.01. The Morgan fingerprint density at radius 2 is 2.47 bits per heavy atom. The molecule has 0 spiro atoms. The molecule has 94 valence electrons. The normalized spacial score (nSPS) is 21.6. The van der Waals surface area contributed by atoms with Gasteiger partial charge in [-0.2, -0.15) is 0 Å². The van der Waals surface area contributed by atoms with Crippen molar-refractivity contribution in [3.05, 3.63) is 23.4 Å². The molecule has 0 aromatic carbocycles. The first-order valence-electron chi connectivity index (χ1n) is 6.30. The Morgan fingerprint density at radius 1 is 1.65 bits per heavy atom. The molecule has 1 saturated heterocycles. The van der Waals surface area contributed by atoms with Gasteiger partial charge in [-0.1, -0.05) is 6.92 Å². The monoisotopic (exact) mass is 235 g/mol. The van der Waals surface area contributed by atoms with E-state index in [0.717, 1.165) is 31.6 Å². The summed E-state index contributed by atoms with van der Waals surface area (Å²) in [4.78, 5) is 4.20. The quantitative estimate of drug-likeness (QED) is 0.835. The van der Waals surface area contributed by atoms with Gasteiger partial charge in [0.25, 0.3) is 0 Å². The van der Waals surface area contributed by atoms with Gasteiger partial charge >= 0.3 is 0 Å². The van der Waals surface area contributed by atoms with E-state index in [4.69, 9.17) is 10.5 Å². The number of ether oxygens (including phenoxy) is 1. The van der Waals surface area contributed by atoms with Crippen molar-refractivity contribution in [2.24, 2.45) is 0 Å². The van der Waals surface area contributed by atoms with Crippen LogP contribution in [0.5, 0.6) is 0 Å². The van der Waals surface area contributed by atoms with Crippen molar-refractivity contribution < 1.29 is 4.74 Å². The molecular formula is C13H21N3O. The minimum atomic E-state index is 0.163. The number of hydrogen-bond donors (Lipinski definition) is 2. The predicted molar refractivity (Wildman–Crippen MR) is 68.8 cm³/mol. The topological polar surface area (TPSA) is 60.2 Å². The number of nitrogens with one attached hydrogen (secondary N) is 1. The highest BCUT2D eigenvalue weighted by Crippen LogP contribution is 2.31. The lowest BCUT2D eigenvalue weighted by Crippen LogP contribution is -2.33. The van der Waals surface area contributed by atoms with Crippen LogP contribution in [0, 0.1) is 6.92 Å². The molecule has 3 N–H and O–H groups in total. The average Bonchev–Trinajstić information content (AvgIpc) is 2.80. The van der Waals surface area contributed by atoms with Gasteiger partial charge in [0, 0.05) is 18.4 Å². The van der Waals surface area contributed by atoms with Crippen molar-refractivity contribution in [3.63, 3.8) is 0 Å². The number of nitrogens with zero attached hydrogens (tertiary/aromatic N) is 1. The highest BCUT2D eigenvalue weighted by Gasteiger charge is 2.29. The fourth-order valence-electron chi connectivity index (χ4n) is 2.50. The van der Waals surface area contributed by atoms with Crippen LogP contribution in [-0.2, 0) is 4.74 Å². The van der Waals surface area contributed by atoms with Crippen molar-refractivity contribution in [2.75, 3.05) is 18.9 Å². The lowest BCUT2D eigenvalue weighted by molar-refractivity contribution is 0.0787. The first-order chi connectivity index (χ1) is 8.24. The summed E-state index contributed by atoms with van der Waals surface area (Å²) in [6, 6.07) is 2.17. The van der Waals surface area contributed by atoms with Crippen LogP contribution in [-0.4, -0.2) is 24.2 Å². The van der Waals surface area contributed by atoms with Crippen LogP contribution in [0.15, 0.2) is 12.3 Å². The van der Waals surface area contributed by atoms with Crippen molar-refractivity contribution >= 4 is 5.82 Å². The average molecular weight is 235 g/mol. The van der Waals surface area contributed by atoms with E-state index in [-0.39, 0.29) is 12.1 Å². The van der Waals surface area contributed by atoms with Crippen LogP contribution in [0.4, 0.5) is 5.82 Å². The second kappa shape index (κ2) is 5.47. The van der Waals surface area contributed by atoms with Crippen molar-refractivity contribution in [2.45, 2.75) is 38.8 Å². The molecule has 2 heterocycles. The van der Waals surface area contributed by atoms with E-state index < -0.39 is 0 Å². The zero-order valence-electron chi connectivity index (χ0n) is 10.6. The maximum atomic E-state index is 6.01. The predicted octanol–water partition coefficient (Wildman–Crippen LogP) is 1.80. The van der Waals surface area contributed by atoms with Gasteiger partial charge < -0.3 is 15.8 Å². The maximum Gasteiger partial charge on any atom is 0.128 e. The Balaban J connectivity index is 2.31. The molecule has 1 aliphatic heterocycles. The lowest BCUT2D eigenvalue weighted by atomic mass is 9.96. The molecule has 0 amide bonds. The SMILES string of the molecule is CCNC(c1c(C)ccnc1N)C1CCCO1. The van der Waals surface area contributed by atoms with Crippen LogP contribution in [0.3, 0.4) is 0 Å². The summed E-state index contributed by atoms with van der Waals surface area (Å²) in [5.41, 5.74) is 8.29. The van der Waals surface area contributed by atoms with Gasteiger partial charge in [0.15, 0.2) is 0 Å². The number of likely N-dealkylation sites (N-methyl/N-ethyl adjacent to an activating group) is 1. The zero-order valence-corrected chi connectivity index (χ0v) is 10.6. The highest BCUT2D eigenvalue weighted by molar-refractivity contribution is 5.46. The van der Waals surface area contributed by atoms with Crippen LogP contribution in [0.2, 0.25) is 0 Å². The number of nitrogens with two attached hydrogens (primary N) is 1. The molecule has 4 nitrogen and oxygen atoms in total. The Bertz CT molecular complexity index is 355. The Kier molecular flexibility index (Phi) is 3.97. The highest BCUT2D eigenvalue weighted by atomic mass is 16.5. The summed E-state index contributed by atoms with van der Waals surface area (Å²) >= 11 is 0. The number of hydrogen-bond acceptors (Lipinski definition) is 4. The third kappa shape index (κ3) is 2.58. The van der Waals surface area contributed by atoms with Crippen LogP contribution in [0.25, 0.3) is 0 Å². The molecule has 1 fully saturated rings. The molecule has 2 atom stereocenters. The zero-order chi connectivity index (χ0) is 12.3. The number of rotatable bonds is 4. The largest absolute Gasteiger partial charge is 0.383 e. The molecule has 17 heavy (non-hydrogen) atoms. The number of anilines is 1. The van der Waals surface area contributed by atoms with E-state index >= 15 is 0 Å². The molecule has 0 saturated carbocycles. The molecule has 1 aliphatic rings. The molecule has 0 radical (unpaired) electrons. The third-order valence-corrected chi connectivity index (χ3v) is 3.31. The molecule has 2 rings (SSSR count). The van der Waals surface area contributed by atoms with E-state index in [9.17, 15) is 0 Å². The van der Waals surface area contributed by atoms with Crippen molar-refractivity contribution in [1.82, 2.24) is 10.3 Å². The van der Waals surface area contributed by atoms with Gasteiger partial charge in [0.2, 0.25) is 0 Å². The Hall–Kier alpha value is -1.13. The molecule has 1 aromatic rings. The van der Waals surface area contributed by atoms with Gasteiger partial charge in [-0.05, 0) is 37.9 Å². The number of pyridine rings is 1. The van der Waals surface area contributed by atoms with Crippen LogP contribution >= 0.6 is 0 Å². The van der Waals surface area contributed by atoms with Gasteiger partial charge in [-0.25, -0.2) is 4.98 Å². The summed E-state index contributed by atoms with van der Waals surface area (Å²) in [6.45, 7) is 5.93. The van der Waals surface area contributed by atoms with Crippen LogP contribution in [0.1, 0.15) is 36.9 Å². The summed E-state index contributed by atoms with van der Waals surface area (Å²) in [5, 5.41) is 3.48. The molecule has 1 aromatic heterocycles. The van der Waals surface area contributed by atoms with E-state index in [0.29, 0.717) is 5.82 Å². The minimum Gasteiger partial charge on any atom is -0.383 e. The van der Waals surface area contributed by atoms with E-state index in [2.05, 4.69) is 24.1 Å². The third-order valence-electron chi connectivity index (χ3n) is 3.31. The van der Waals surface area contributed by atoms with Crippen molar-refractivity contribution in [1.29, 1.82) is 0 Å². The minimum absolute atomic E-state index is 0.163. The second-order valence-corrected chi connectivity index (χ2v) is 4.51. The van der Waals surface area contributed by atoms with Gasteiger partial charge in [-0.3, -0.25) is 0 Å². The summed E-state index contributed by atoms with van der Waals surface area (Å²) in [6.07, 6.45) is 4.20. The van der Waals surface area contributed by atoms with E-state index in [1.807, 2.05) is 6.07 Å². The fourth-order valence-corrected chi connectivity index (χ4v) is 2.50. The van der Waals surface area contributed by atoms with Gasteiger partial charge in [-0.15, -0.1) is 0 Å². The standard InChI is InChI=1S/C13H21N3O/c1-3-15-12(10-5-4-8-17-10)11-9(2)6-7-16-13(11)14/h6-7,10,12,15H,3-5,8H2,1-2H3,(H2,14,16). The van der Waals surface area contributed by atoms with Gasteiger partial charge in [0.1, 0.15) is 5.82 Å². The Labute approximate surface area is 103 Å². The van der Waals surface area contributed by atoms with Gasteiger partial charge in [0.05, 0.1) is 12.1 Å². The fraction of sp³-hybridized carbons (Fsp3) is 0.615. The molecule has 4 heteroatoms. The number of aromatic nitrogens is 1. The van der Waals surface area contributed by atoms with Crippen molar-refractivity contribution in [3.8, 4) is 0 Å². The van der Waals surface area contributed by atoms with Crippen LogP contribution < -0.4 is 11.1 Å².